The van der Waals surface area contributed by atoms with Crippen LogP contribution in [0.3, 0.4) is 0 Å². The molecule has 0 saturated heterocycles. The van der Waals surface area contributed by atoms with Gasteiger partial charge in [-0.15, -0.1) is 0 Å². The topological polar surface area (TPSA) is 83.8 Å². The van der Waals surface area contributed by atoms with Crippen LogP contribution in [-0.4, -0.2) is 22.1 Å². The first-order valence-corrected chi connectivity index (χ1v) is 7.77. The number of carbonyl (C=O) groups is 1. The molecule has 20 heavy (non-hydrogen) atoms. The molecule has 0 radical (unpaired) electrons. The van der Waals surface area contributed by atoms with Crippen molar-refractivity contribution in [2.45, 2.75) is 64.8 Å². The van der Waals surface area contributed by atoms with Crippen LogP contribution in [0.25, 0.3) is 0 Å². The van der Waals surface area contributed by atoms with Crippen molar-refractivity contribution in [2.24, 2.45) is 5.92 Å². The minimum atomic E-state index is -0.139. The largest absolute Gasteiger partial charge is 0.395 e. The smallest absolute Gasteiger partial charge is 0.274 e. The molecule has 1 aliphatic rings. The second kappa shape index (κ2) is 6.77. The van der Waals surface area contributed by atoms with Crippen molar-refractivity contribution in [2.75, 3.05) is 5.73 Å². The quantitative estimate of drug-likeness (QED) is 0.740. The van der Waals surface area contributed by atoms with Crippen LogP contribution in [0, 0.1) is 5.92 Å². The van der Waals surface area contributed by atoms with Crippen LogP contribution >= 0.6 is 0 Å². The summed E-state index contributed by atoms with van der Waals surface area (Å²) in [7, 11) is 0. The maximum absolute atomic E-state index is 12.3. The van der Waals surface area contributed by atoms with Gasteiger partial charge in [-0.25, -0.2) is 0 Å². The van der Waals surface area contributed by atoms with Crippen LogP contribution in [0.4, 0.5) is 5.69 Å². The molecule has 2 atom stereocenters. The van der Waals surface area contributed by atoms with Gasteiger partial charge in [0.15, 0.2) is 5.69 Å². The third-order valence-electron chi connectivity index (χ3n) is 4.28. The van der Waals surface area contributed by atoms with Gasteiger partial charge in [-0.3, -0.25) is 9.89 Å². The lowest BCUT2D eigenvalue weighted by molar-refractivity contribution is 0.0917. The predicted molar refractivity (Wildman–Crippen MR) is 80.5 cm³/mol. The number of nitrogens with one attached hydrogen (secondary N) is 2. The van der Waals surface area contributed by atoms with Crippen LogP contribution in [0.15, 0.2) is 0 Å². The summed E-state index contributed by atoms with van der Waals surface area (Å²) in [5.74, 6) is 0.386. The van der Waals surface area contributed by atoms with Crippen LogP contribution < -0.4 is 11.1 Å². The molecule has 1 saturated carbocycles. The molecular formula is C15H26N4O. The van der Waals surface area contributed by atoms with E-state index >= 15 is 0 Å². The number of carbonyl (C=O) groups excluding carboxylic acids is 1. The molecule has 1 aliphatic carbocycles. The summed E-state index contributed by atoms with van der Waals surface area (Å²) in [4.78, 5) is 12.3. The Morgan fingerprint density at radius 2 is 2.15 bits per heavy atom. The number of amides is 1. The maximum Gasteiger partial charge on any atom is 0.274 e. The summed E-state index contributed by atoms with van der Waals surface area (Å²) < 4.78 is 0. The normalized spacial score (nSPS) is 23.3. The number of hydrogen-bond donors (Lipinski definition) is 3. The summed E-state index contributed by atoms with van der Waals surface area (Å²) in [5.41, 5.74) is 7.73. The number of aromatic amines is 1. The van der Waals surface area contributed by atoms with Gasteiger partial charge in [-0.05, 0) is 25.2 Å². The Morgan fingerprint density at radius 1 is 1.40 bits per heavy atom. The molecule has 1 amide bonds. The van der Waals surface area contributed by atoms with E-state index in [1.165, 1.54) is 25.7 Å². The van der Waals surface area contributed by atoms with Gasteiger partial charge in [0, 0.05) is 6.04 Å². The molecule has 0 aromatic carbocycles. The highest BCUT2D eigenvalue weighted by Crippen LogP contribution is 2.24. The van der Waals surface area contributed by atoms with Crippen LogP contribution in [0.2, 0.25) is 0 Å². The van der Waals surface area contributed by atoms with Gasteiger partial charge in [-0.1, -0.05) is 39.5 Å². The van der Waals surface area contributed by atoms with E-state index in [1.54, 1.807) is 0 Å². The average Bonchev–Trinajstić information content (AvgIpc) is 2.66. The van der Waals surface area contributed by atoms with E-state index in [-0.39, 0.29) is 11.9 Å². The molecule has 1 fully saturated rings. The van der Waals surface area contributed by atoms with Crippen LogP contribution in [0.1, 0.15) is 68.6 Å². The molecule has 0 aliphatic heterocycles. The fourth-order valence-electron chi connectivity index (χ4n) is 2.94. The highest BCUT2D eigenvalue weighted by Gasteiger charge is 2.24. The molecule has 112 valence electrons. The lowest BCUT2D eigenvalue weighted by Gasteiger charge is -2.22. The van der Waals surface area contributed by atoms with E-state index in [9.17, 15) is 4.79 Å². The molecule has 5 heteroatoms. The van der Waals surface area contributed by atoms with Gasteiger partial charge in [0.05, 0.1) is 11.4 Å². The number of rotatable bonds is 4. The molecule has 0 bridgehead atoms. The van der Waals surface area contributed by atoms with Crippen molar-refractivity contribution in [3.05, 3.63) is 11.4 Å². The third-order valence-corrected chi connectivity index (χ3v) is 4.28. The first kappa shape index (κ1) is 14.9. The Bertz CT molecular complexity index is 455. The zero-order valence-electron chi connectivity index (χ0n) is 12.5. The van der Waals surface area contributed by atoms with Gasteiger partial charge in [0.25, 0.3) is 5.91 Å². The van der Waals surface area contributed by atoms with E-state index in [1.807, 2.05) is 0 Å². The lowest BCUT2D eigenvalue weighted by Crippen LogP contribution is -2.39. The average molecular weight is 278 g/mol. The third kappa shape index (κ3) is 3.32. The molecule has 4 N–H and O–H groups in total. The van der Waals surface area contributed by atoms with Crippen molar-refractivity contribution in [3.63, 3.8) is 0 Å². The van der Waals surface area contributed by atoms with E-state index in [2.05, 4.69) is 29.4 Å². The Labute approximate surface area is 120 Å². The van der Waals surface area contributed by atoms with Crippen molar-refractivity contribution >= 4 is 11.6 Å². The number of aromatic nitrogens is 2. The number of nitrogens with zero attached hydrogens (tertiary/aromatic N) is 1. The van der Waals surface area contributed by atoms with E-state index in [4.69, 9.17) is 5.73 Å². The fourth-order valence-corrected chi connectivity index (χ4v) is 2.94. The number of hydrogen-bond acceptors (Lipinski definition) is 3. The van der Waals surface area contributed by atoms with Crippen molar-refractivity contribution in [1.82, 2.24) is 15.5 Å². The van der Waals surface area contributed by atoms with E-state index < -0.39 is 0 Å². The molecule has 2 unspecified atom stereocenters. The summed E-state index contributed by atoms with van der Waals surface area (Å²) in [6.45, 7) is 4.29. The standard InChI is InChI=1S/C15H26N4O/c1-3-7-12-13(16)14(19-18-12)15(20)17-11-9-6-4-5-8-10(11)2/h10-11H,3-9,16H2,1-2H3,(H,17,20)(H,18,19). The number of nitrogens with two attached hydrogens (primary N) is 1. The Balaban J connectivity index is 2.03. The van der Waals surface area contributed by atoms with Gasteiger partial charge in [0.2, 0.25) is 0 Å². The zero-order chi connectivity index (χ0) is 14.5. The second-order valence-electron chi connectivity index (χ2n) is 5.91. The Kier molecular flexibility index (Phi) is 5.04. The second-order valence-corrected chi connectivity index (χ2v) is 5.91. The SMILES string of the molecule is CCCc1[nH]nc(C(=O)NC2CCCCCC2C)c1N. The number of nitrogen functional groups attached to an aromatic ring is 1. The minimum Gasteiger partial charge on any atom is -0.395 e. The van der Waals surface area contributed by atoms with Crippen LogP contribution in [-0.2, 0) is 6.42 Å². The lowest BCUT2D eigenvalue weighted by atomic mass is 9.97. The minimum absolute atomic E-state index is 0.139. The van der Waals surface area contributed by atoms with Crippen molar-refractivity contribution in [3.8, 4) is 0 Å². The first-order valence-electron chi connectivity index (χ1n) is 7.77. The van der Waals surface area contributed by atoms with Crippen molar-refractivity contribution < 1.29 is 4.79 Å². The number of anilines is 1. The first-order chi connectivity index (χ1) is 9.63. The van der Waals surface area contributed by atoms with E-state index in [0.29, 0.717) is 17.3 Å². The molecular weight excluding hydrogens is 252 g/mol. The van der Waals surface area contributed by atoms with Gasteiger partial charge in [0.1, 0.15) is 0 Å². The predicted octanol–water partition coefficient (Wildman–Crippen LogP) is 2.64. The monoisotopic (exact) mass is 278 g/mol. The summed E-state index contributed by atoms with van der Waals surface area (Å²) in [6, 6.07) is 0.246. The zero-order valence-corrected chi connectivity index (χ0v) is 12.5. The maximum atomic E-state index is 12.3. The Hall–Kier alpha value is -1.52. The molecule has 1 aromatic heterocycles. The number of H-pyrrole nitrogens is 1. The van der Waals surface area contributed by atoms with Crippen LogP contribution in [0.5, 0.6) is 0 Å². The number of aryl methyl sites for hydroxylation is 1. The summed E-state index contributed by atoms with van der Waals surface area (Å²) in [5, 5.41) is 10.1. The highest BCUT2D eigenvalue weighted by molar-refractivity contribution is 5.97. The molecule has 1 aromatic rings. The molecule has 2 rings (SSSR count). The van der Waals surface area contributed by atoms with Gasteiger partial charge in [-0.2, -0.15) is 5.10 Å². The van der Waals surface area contributed by atoms with E-state index in [0.717, 1.165) is 25.0 Å². The summed E-state index contributed by atoms with van der Waals surface area (Å²) in [6.07, 6.45) is 7.76. The summed E-state index contributed by atoms with van der Waals surface area (Å²) >= 11 is 0. The van der Waals surface area contributed by atoms with Gasteiger partial charge < -0.3 is 11.1 Å². The fraction of sp³-hybridized carbons (Fsp3) is 0.733. The van der Waals surface area contributed by atoms with Gasteiger partial charge >= 0.3 is 0 Å². The highest BCUT2D eigenvalue weighted by atomic mass is 16.2. The molecule has 5 nitrogen and oxygen atoms in total. The molecule has 0 spiro atoms. The molecule has 1 heterocycles. The van der Waals surface area contributed by atoms with Crippen molar-refractivity contribution in [1.29, 1.82) is 0 Å². The Morgan fingerprint density at radius 3 is 2.90 bits per heavy atom.